The van der Waals surface area contributed by atoms with E-state index in [2.05, 4.69) is 20.0 Å². The predicted molar refractivity (Wildman–Crippen MR) is 175 cm³/mol. The van der Waals surface area contributed by atoms with Gasteiger partial charge in [0.1, 0.15) is 5.82 Å². The van der Waals surface area contributed by atoms with Crippen LogP contribution in [0.5, 0.6) is 6.01 Å². The van der Waals surface area contributed by atoms with Crippen molar-refractivity contribution in [2.24, 2.45) is 0 Å². The molecular formula is C33H38ClF5N8O3. The highest BCUT2D eigenvalue weighted by Gasteiger charge is 2.40. The van der Waals surface area contributed by atoms with Gasteiger partial charge in [-0.2, -0.15) is 28.2 Å². The summed E-state index contributed by atoms with van der Waals surface area (Å²) in [5.74, 6) is -0.864. The number of nitrogens with zero attached hydrogens (tertiary/aromatic N) is 7. The zero-order chi connectivity index (χ0) is 35.9. The average Bonchev–Trinajstić information content (AvgIpc) is 3.71. The van der Waals surface area contributed by atoms with E-state index in [1.54, 1.807) is 4.90 Å². The Labute approximate surface area is 290 Å². The van der Waals surface area contributed by atoms with Crippen molar-refractivity contribution >= 4 is 29.0 Å². The Bertz CT molecular complexity index is 1790. The van der Waals surface area contributed by atoms with Gasteiger partial charge in [0.25, 0.3) is 5.91 Å². The van der Waals surface area contributed by atoms with E-state index in [4.69, 9.17) is 26.8 Å². The molecule has 2 N–H and O–H groups in total. The van der Waals surface area contributed by atoms with Crippen LogP contribution >= 0.6 is 11.6 Å². The molecule has 6 heterocycles. The molecule has 2 saturated heterocycles. The Balaban J connectivity index is 0.000000367. The van der Waals surface area contributed by atoms with E-state index in [9.17, 15) is 22.4 Å². The molecule has 1 amide bonds. The number of alkyl halides is 3. The summed E-state index contributed by atoms with van der Waals surface area (Å²) in [4.78, 5) is 26.8. The molecule has 17 heteroatoms. The molecular weight excluding hydrogens is 687 g/mol. The summed E-state index contributed by atoms with van der Waals surface area (Å²) in [5, 5.41) is 3.68. The summed E-state index contributed by atoms with van der Waals surface area (Å²) in [6.45, 7) is 2.83. The molecule has 4 aliphatic heterocycles. The third-order valence-corrected chi connectivity index (χ3v) is 9.71. The number of rotatable bonds is 4. The molecule has 270 valence electrons. The lowest BCUT2D eigenvalue weighted by Gasteiger charge is -2.31. The standard InChI is InChI=1S/C25H26ClF4N7O3.C8H12FN/c1-35(2)23(38)21-20(27)17-10-36(5-4-6-37(17)34-21)22-14-11-40-18(9-16(14)32-24(33-22)39-3)13-7-12(31)8-15(26)19(13)25(28,29)30;9-5-7-4-8-2-1-3-10(8)6-7/h7-8,18H,4-6,9-11,31H2,1-3H3;5,8H,1-4,6H2/b;7-5-. The monoisotopic (exact) mass is 724 g/mol. The van der Waals surface area contributed by atoms with E-state index in [1.807, 2.05) is 0 Å². The van der Waals surface area contributed by atoms with Gasteiger partial charge < -0.3 is 25.0 Å². The molecule has 4 aliphatic rings. The number of carbonyl (C=O) groups is 1. The fourth-order valence-corrected chi connectivity index (χ4v) is 7.38. The molecule has 2 fully saturated rings. The van der Waals surface area contributed by atoms with Gasteiger partial charge in [0.2, 0.25) is 0 Å². The van der Waals surface area contributed by atoms with Crippen LogP contribution in [0.1, 0.15) is 70.4 Å². The number of carbonyl (C=O) groups excluding carboxylic acids is 1. The zero-order valence-corrected chi connectivity index (χ0v) is 28.6. The Kier molecular flexibility index (Phi) is 10.2. The lowest BCUT2D eigenvalue weighted by Crippen LogP contribution is -2.29. The minimum Gasteiger partial charge on any atom is -0.467 e. The second-order valence-electron chi connectivity index (χ2n) is 13.0. The van der Waals surface area contributed by atoms with Crippen LogP contribution in [0.25, 0.3) is 0 Å². The molecule has 2 unspecified atom stereocenters. The van der Waals surface area contributed by atoms with Crippen LogP contribution in [-0.4, -0.2) is 82.3 Å². The lowest BCUT2D eigenvalue weighted by atomic mass is 9.94. The third kappa shape index (κ3) is 7.10. The first-order valence-electron chi connectivity index (χ1n) is 16.2. The Morgan fingerprint density at radius 2 is 1.92 bits per heavy atom. The Hall–Kier alpha value is -4.02. The maximum Gasteiger partial charge on any atom is 0.418 e. The number of anilines is 2. The van der Waals surface area contributed by atoms with Crippen LogP contribution in [-0.2, 0) is 37.0 Å². The van der Waals surface area contributed by atoms with E-state index in [-0.39, 0.29) is 48.2 Å². The highest BCUT2D eigenvalue weighted by molar-refractivity contribution is 6.31. The average molecular weight is 725 g/mol. The van der Waals surface area contributed by atoms with Gasteiger partial charge >= 0.3 is 12.2 Å². The molecule has 7 rings (SSSR count). The van der Waals surface area contributed by atoms with Gasteiger partial charge in [-0.15, -0.1) is 0 Å². The molecule has 0 aliphatic carbocycles. The second kappa shape index (κ2) is 14.3. The van der Waals surface area contributed by atoms with Gasteiger partial charge in [0.15, 0.2) is 11.5 Å². The van der Waals surface area contributed by atoms with Gasteiger partial charge in [0.05, 0.1) is 54.7 Å². The number of aromatic nitrogens is 4. The number of aryl methyl sites for hydroxylation is 1. The van der Waals surface area contributed by atoms with Crippen molar-refractivity contribution in [1.82, 2.24) is 29.5 Å². The molecule has 1 aromatic carbocycles. The number of benzene rings is 1. The van der Waals surface area contributed by atoms with E-state index in [0.717, 1.165) is 30.9 Å². The summed E-state index contributed by atoms with van der Waals surface area (Å²) in [5.41, 5.74) is 6.58. The molecule has 2 aromatic heterocycles. The van der Waals surface area contributed by atoms with Crippen LogP contribution in [0, 0.1) is 5.82 Å². The quantitative estimate of drug-likeness (QED) is 0.267. The highest BCUT2D eigenvalue weighted by atomic mass is 35.5. The first kappa shape index (κ1) is 35.8. The van der Waals surface area contributed by atoms with Gasteiger partial charge in [0, 0.05) is 57.4 Å². The minimum absolute atomic E-state index is 0.00208. The SMILES string of the molecule is COc1nc2c(c(N3CCCn4nc(C(=O)N(C)C)c(F)c4C3)n1)COC(c1cc(N)cc(Cl)c1C(F)(F)F)C2.F/C=C1/CC2CCCN2C1. The second-order valence-corrected chi connectivity index (χ2v) is 13.4. The number of ether oxygens (including phenoxy) is 2. The van der Waals surface area contributed by atoms with E-state index >= 15 is 4.39 Å². The molecule has 0 bridgehead atoms. The van der Waals surface area contributed by atoms with Crippen LogP contribution in [0.3, 0.4) is 0 Å². The Morgan fingerprint density at radius 1 is 1.14 bits per heavy atom. The molecule has 50 heavy (non-hydrogen) atoms. The van der Waals surface area contributed by atoms with Crippen LogP contribution in [0.4, 0.5) is 33.5 Å². The molecule has 0 radical (unpaired) electrons. The number of methoxy groups -OCH3 is 1. The maximum atomic E-state index is 15.4. The van der Waals surface area contributed by atoms with Crippen molar-refractivity contribution in [1.29, 1.82) is 0 Å². The molecule has 0 spiro atoms. The van der Waals surface area contributed by atoms with Crippen molar-refractivity contribution in [2.45, 2.75) is 70.1 Å². The lowest BCUT2D eigenvalue weighted by molar-refractivity contribution is -0.139. The summed E-state index contributed by atoms with van der Waals surface area (Å²) in [7, 11) is 4.40. The zero-order valence-electron chi connectivity index (χ0n) is 27.9. The van der Waals surface area contributed by atoms with E-state index in [0.29, 0.717) is 42.6 Å². The number of amides is 1. The van der Waals surface area contributed by atoms with Crippen molar-refractivity contribution < 1.29 is 36.2 Å². The first-order valence-corrected chi connectivity index (χ1v) is 16.6. The smallest absolute Gasteiger partial charge is 0.418 e. The van der Waals surface area contributed by atoms with Crippen molar-refractivity contribution in [2.75, 3.05) is 51.5 Å². The maximum absolute atomic E-state index is 15.4. The van der Waals surface area contributed by atoms with Crippen molar-refractivity contribution in [3.63, 3.8) is 0 Å². The topological polar surface area (TPSA) is 115 Å². The number of halogens is 6. The normalized spacial score (nSPS) is 21.2. The van der Waals surface area contributed by atoms with Gasteiger partial charge in [-0.1, -0.05) is 11.6 Å². The third-order valence-electron chi connectivity index (χ3n) is 9.41. The number of hydrogen-bond donors (Lipinski definition) is 1. The number of fused-ring (bicyclic) bond motifs is 3. The van der Waals surface area contributed by atoms with E-state index < -0.39 is 34.6 Å². The fraction of sp³-hybridized carbons (Fsp3) is 0.515. The molecule has 3 aromatic rings. The fourth-order valence-electron chi connectivity index (χ4n) is 7.04. The van der Waals surface area contributed by atoms with Crippen molar-refractivity contribution in [3.05, 3.63) is 68.6 Å². The van der Waals surface area contributed by atoms with Crippen LogP contribution in [0.2, 0.25) is 5.02 Å². The Morgan fingerprint density at radius 3 is 2.60 bits per heavy atom. The number of nitrogens with two attached hydrogens (primary N) is 1. The number of hydrogen-bond acceptors (Lipinski definition) is 9. The van der Waals surface area contributed by atoms with Gasteiger partial charge in [-0.25, -0.2) is 8.78 Å². The minimum atomic E-state index is -4.73. The first-order chi connectivity index (χ1) is 23.8. The summed E-state index contributed by atoms with van der Waals surface area (Å²) in [6.07, 6.45) is -0.891. The van der Waals surface area contributed by atoms with Crippen LogP contribution in [0.15, 0.2) is 24.0 Å². The molecule has 0 saturated carbocycles. The largest absolute Gasteiger partial charge is 0.467 e. The summed E-state index contributed by atoms with van der Waals surface area (Å²) < 4.78 is 81.8. The molecule has 11 nitrogen and oxygen atoms in total. The van der Waals surface area contributed by atoms with Crippen molar-refractivity contribution in [3.8, 4) is 6.01 Å². The number of nitrogen functional groups attached to an aromatic ring is 1. The predicted octanol–water partition coefficient (Wildman–Crippen LogP) is 5.71. The van der Waals surface area contributed by atoms with Gasteiger partial charge in [-0.05, 0) is 55.5 Å². The van der Waals surface area contributed by atoms with E-state index in [1.165, 1.54) is 56.2 Å². The summed E-state index contributed by atoms with van der Waals surface area (Å²) in [6, 6.07) is 2.93. The van der Waals surface area contributed by atoms with Gasteiger partial charge in [-0.3, -0.25) is 14.4 Å². The highest BCUT2D eigenvalue weighted by Crippen LogP contribution is 2.44. The molecule has 2 atom stereocenters. The summed E-state index contributed by atoms with van der Waals surface area (Å²) >= 11 is 5.95. The van der Waals surface area contributed by atoms with Crippen LogP contribution < -0.4 is 15.4 Å².